The van der Waals surface area contributed by atoms with Gasteiger partial charge in [0.15, 0.2) is 0 Å². The lowest BCUT2D eigenvalue weighted by Crippen LogP contribution is -2.11. The van der Waals surface area contributed by atoms with Crippen molar-refractivity contribution in [1.29, 1.82) is 0 Å². The van der Waals surface area contributed by atoms with E-state index in [-0.39, 0.29) is 0 Å². The van der Waals surface area contributed by atoms with Gasteiger partial charge in [-0.2, -0.15) is 0 Å². The van der Waals surface area contributed by atoms with Gasteiger partial charge in [-0.15, -0.1) is 0 Å². The fourth-order valence-electron chi connectivity index (χ4n) is 2.56. The van der Waals surface area contributed by atoms with E-state index in [1.807, 2.05) is 0 Å². The summed E-state index contributed by atoms with van der Waals surface area (Å²) < 4.78 is 0. The van der Waals surface area contributed by atoms with Crippen LogP contribution >= 0.6 is 0 Å². The summed E-state index contributed by atoms with van der Waals surface area (Å²) >= 11 is 0. The normalized spacial score (nSPS) is 14.9. The molecule has 0 saturated carbocycles. The number of benzene rings is 1. The second-order valence-electron chi connectivity index (χ2n) is 4.60. The van der Waals surface area contributed by atoms with Crippen molar-refractivity contribution in [2.75, 3.05) is 0 Å². The second-order valence-corrected chi connectivity index (χ2v) is 4.60. The highest BCUT2D eigenvalue weighted by atomic mass is 14.7. The minimum Gasteiger partial charge on any atom is -0.355 e. The summed E-state index contributed by atoms with van der Waals surface area (Å²) in [5, 5.41) is 2.50. The summed E-state index contributed by atoms with van der Waals surface area (Å²) in [5.41, 5.74) is 5.37. The molecule has 1 aromatic carbocycles. The first-order chi connectivity index (χ1) is 8.83. The van der Waals surface area contributed by atoms with Crippen molar-refractivity contribution < 1.29 is 0 Å². The zero-order valence-corrected chi connectivity index (χ0v) is 10.8. The van der Waals surface area contributed by atoms with E-state index >= 15 is 0 Å². The standard InChI is InChI=1S/C17H17N/c1-3-12-10-15(13-8-6-5-7-9-13)16-11-14(4-2)18-17(12)16/h4-11,18H,3H2,1-2H3. The summed E-state index contributed by atoms with van der Waals surface area (Å²) in [6.45, 7) is 4.28. The van der Waals surface area contributed by atoms with Gasteiger partial charge in [0.2, 0.25) is 0 Å². The molecule has 18 heavy (non-hydrogen) atoms. The fraction of sp³-hybridized carbons (Fsp3) is 0.176. The van der Waals surface area contributed by atoms with Crippen molar-refractivity contribution >= 4 is 17.2 Å². The Labute approximate surface area is 107 Å². The third-order valence-electron chi connectivity index (χ3n) is 3.55. The summed E-state index contributed by atoms with van der Waals surface area (Å²) in [6, 6.07) is 12.9. The number of allylic oxidation sites excluding steroid dienone is 1. The third-order valence-corrected chi connectivity index (χ3v) is 3.55. The largest absolute Gasteiger partial charge is 0.355 e. The highest BCUT2D eigenvalue weighted by Gasteiger charge is 2.15. The van der Waals surface area contributed by atoms with E-state index in [0.29, 0.717) is 0 Å². The van der Waals surface area contributed by atoms with Gasteiger partial charge in [0.1, 0.15) is 0 Å². The Kier molecular flexibility index (Phi) is 2.67. The molecular weight excluding hydrogens is 218 g/mol. The van der Waals surface area contributed by atoms with Crippen molar-refractivity contribution in [3.05, 3.63) is 64.3 Å². The smallest absolute Gasteiger partial charge is 0.0497 e. The fourth-order valence-corrected chi connectivity index (χ4v) is 2.56. The number of aromatic nitrogens is 1. The maximum Gasteiger partial charge on any atom is 0.0497 e. The highest BCUT2D eigenvalue weighted by molar-refractivity contribution is 5.91. The van der Waals surface area contributed by atoms with Crippen LogP contribution in [0, 0.1) is 0 Å². The lowest BCUT2D eigenvalue weighted by molar-refractivity contribution is 1.19. The van der Waals surface area contributed by atoms with Crippen LogP contribution in [-0.2, 0) is 0 Å². The Hall–Kier alpha value is -2.02. The molecule has 1 aliphatic rings. The van der Waals surface area contributed by atoms with Crippen LogP contribution < -0.4 is 10.7 Å². The molecule has 0 spiro atoms. The average molecular weight is 235 g/mol. The molecule has 0 unspecified atom stereocenters. The van der Waals surface area contributed by atoms with Gasteiger partial charge in [-0.3, -0.25) is 0 Å². The van der Waals surface area contributed by atoms with E-state index in [2.05, 4.69) is 67.4 Å². The van der Waals surface area contributed by atoms with Crippen LogP contribution in [0.5, 0.6) is 0 Å². The molecule has 1 nitrogen and oxygen atoms in total. The van der Waals surface area contributed by atoms with E-state index in [4.69, 9.17) is 0 Å². The first-order valence-corrected chi connectivity index (χ1v) is 6.49. The summed E-state index contributed by atoms with van der Waals surface area (Å²) in [5.74, 6) is 0. The molecule has 0 bridgehead atoms. The molecule has 0 atom stereocenters. The molecule has 0 aliphatic heterocycles. The number of H-pyrrole nitrogens is 1. The van der Waals surface area contributed by atoms with Crippen molar-refractivity contribution in [2.45, 2.75) is 20.3 Å². The van der Waals surface area contributed by atoms with Gasteiger partial charge in [-0.1, -0.05) is 43.3 Å². The Balaban J connectivity index is 2.22. The first kappa shape index (κ1) is 11.1. The van der Waals surface area contributed by atoms with Crippen molar-refractivity contribution in [2.24, 2.45) is 0 Å². The van der Waals surface area contributed by atoms with Crippen LogP contribution in [0.25, 0.3) is 17.2 Å². The molecular formula is C17H17N. The van der Waals surface area contributed by atoms with Gasteiger partial charge < -0.3 is 4.98 Å². The lowest BCUT2D eigenvalue weighted by atomic mass is 10.0. The van der Waals surface area contributed by atoms with Gasteiger partial charge in [-0.25, -0.2) is 0 Å². The summed E-state index contributed by atoms with van der Waals surface area (Å²) in [7, 11) is 0. The van der Waals surface area contributed by atoms with E-state index in [1.165, 1.54) is 33.0 Å². The molecule has 3 rings (SSSR count). The zero-order valence-electron chi connectivity index (χ0n) is 10.8. The molecule has 1 heteroatoms. The maximum atomic E-state index is 3.50. The van der Waals surface area contributed by atoms with Crippen molar-refractivity contribution in [3.8, 4) is 0 Å². The number of hydrogen-bond acceptors (Lipinski definition) is 0. The van der Waals surface area contributed by atoms with E-state index in [9.17, 15) is 0 Å². The number of hydrogen-bond donors (Lipinski definition) is 1. The topological polar surface area (TPSA) is 15.8 Å². The van der Waals surface area contributed by atoms with E-state index in [0.717, 1.165) is 6.42 Å². The van der Waals surface area contributed by atoms with E-state index in [1.54, 1.807) is 0 Å². The Morgan fingerprint density at radius 1 is 1.17 bits per heavy atom. The minimum absolute atomic E-state index is 1.06. The predicted molar refractivity (Wildman–Crippen MR) is 77.4 cm³/mol. The molecule has 1 aromatic heterocycles. The number of aromatic amines is 1. The minimum atomic E-state index is 1.06. The van der Waals surface area contributed by atoms with Gasteiger partial charge in [0.25, 0.3) is 0 Å². The van der Waals surface area contributed by atoms with E-state index < -0.39 is 0 Å². The molecule has 0 fully saturated rings. The Bertz CT molecular complexity index is 715. The summed E-state index contributed by atoms with van der Waals surface area (Å²) in [4.78, 5) is 3.50. The molecule has 1 aliphatic carbocycles. The van der Waals surface area contributed by atoms with Gasteiger partial charge >= 0.3 is 0 Å². The maximum absolute atomic E-state index is 3.50. The van der Waals surface area contributed by atoms with Crippen LogP contribution in [0.3, 0.4) is 0 Å². The molecule has 0 saturated heterocycles. The number of fused-ring (bicyclic) bond motifs is 1. The molecule has 0 radical (unpaired) electrons. The molecule has 2 aromatic rings. The molecule has 1 N–H and O–H groups in total. The average Bonchev–Trinajstić information content (AvgIpc) is 2.97. The first-order valence-electron chi connectivity index (χ1n) is 6.49. The monoisotopic (exact) mass is 235 g/mol. The SMILES string of the molecule is CC=c1cc2c([nH]1)=C(CC)C=C2c1ccccc1. The van der Waals surface area contributed by atoms with Crippen LogP contribution in [0.2, 0.25) is 0 Å². The van der Waals surface area contributed by atoms with Gasteiger partial charge in [-0.05, 0) is 42.2 Å². The Morgan fingerprint density at radius 2 is 1.94 bits per heavy atom. The molecule has 0 amide bonds. The van der Waals surface area contributed by atoms with Crippen LogP contribution in [0.4, 0.5) is 0 Å². The Morgan fingerprint density at radius 3 is 2.61 bits per heavy atom. The van der Waals surface area contributed by atoms with Crippen molar-refractivity contribution in [3.63, 3.8) is 0 Å². The van der Waals surface area contributed by atoms with Gasteiger partial charge in [0.05, 0.1) is 0 Å². The highest BCUT2D eigenvalue weighted by Crippen LogP contribution is 2.27. The second kappa shape index (κ2) is 4.34. The zero-order chi connectivity index (χ0) is 12.5. The van der Waals surface area contributed by atoms with Gasteiger partial charge in [0, 0.05) is 16.3 Å². The summed E-state index contributed by atoms with van der Waals surface area (Å²) in [6.07, 6.45) is 5.50. The third kappa shape index (κ3) is 1.63. The number of rotatable bonds is 2. The quantitative estimate of drug-likeness (QED) is 0.824. The molecule has 90 valence electrons. The predicted octanol–water partition coefficient (Wildman–Crippen LogP) is 2.82. The van der Waals surface area contributed by atoms with Crippen LogP contribution in [0.1, 0.15) is 31.4 Å². The lowest BCUT2D eigenvalue weighted by Gasteiger charge is -2.01. The van der Waals surface area contributed by atoms with Crippen molar-refractivity contribution in [1.82, 2.24) is 4.98 Å². The molecule has 1 heterocycles. The van der Waals surface area contributed by atoms with Crippen LogP contribution in [0.15, 0.2) is 42.5 Å². The van der Waals surface area contributed by atoms with Crippen LogP contribution in [-0.4, -0.2) is 4.98 Å². The number of nitrogens with one attached hydrogen (secondary N) is 1.